The lowest BCUT2D eigenvalue weighted by Crippen LogP contribution is -2.37. The number of nitrogens with zero attached hydrogens (tertiary/aromatic N) is 1. The predicted molar refractivity (Wildman–Crippen MR) is 76.4 cm³/mol. The lowest BCUT2D eigenvalue weighted by Gasteiger charge is -2.31. The minimum atomic E-state index is 0.850. The normalized spacial score (nSPS) is 16.8. The van der Waals surface area contributed by atoms with Crippen molar-refractivity contribution in [2.75, 3.05) is 32.7 Å². The van der Waals surface area contributed by atoms with Crippen molar-refractivity contribution in [2.24, 2.45) is 11.8 Å². The Morgan fingerprint density at radius 3 is 2.53 bits per heavy atom. The molecule has 0 aromatic rings. The van der Waals surface area contributed by atoms with Crippen molar-refractivity contribution in [1.29, 1.82) is 0 Å². The molecule has 0 atom stereocenters. The smallest absolute Gasteiger partial charge is 0.0107 e. The standard InChI is InChI=1S/C15H32N2/c1-4-17(13-15-8-5-9-15)12-11-16-10-6-7-14(2)3/h14-16H,4-13H2,1-3H3. The monoisotopic (exact) mass is 240 g/mol. The molecule has 1 saturated carbocycles. The molecule has 0 bridgehead atoms. The highest BCUT2D eigenvalue weighted by atomic mass is 15.1. The Morgan fingerprint density at radius 2 is 2.00 bits per heavy atom. The molecule has 0 heterocycles. The van der Waals surface area contributed by atoms with Crippen LogP contribution in [0.25, 0.3) is 0 Å². The summed E-state index contributed by atoms with van der Waals surface area (Å²) in [6.45, 7) is 13.0. The molecule has 1 N–H and O–H groups in total. The first-order valence-corrected chi connectivity index (χ1v) is 7.65. The fourth-order valence-electron chi connectivity index (χ4n) is 2.42. The Bertz CT molecular complexity index is 176. The maximum atomic E-state index is 3.57. The van der Waals surface area contributed by atoms with Crippen molar-refractivity contribution in [3.05, 3.63) is 0 Å². The Labute approximate surface area is 108 Å². The zero-order valence-electron chi connectivity index (χ0n) is 12.2. The second-order valence-corrected chi connectivity index (χ2v) is 5.98. The van der Waals surface area contributed by atoms with Gasteiger partial charge in [-0.15, -0.1) is 0 Å². The van der Waals surface area contributed by atoms with E-state index < -0.39 is 0 Å². The van der Waals surface area contributed by atoms with E-state index in [9.17, 15) is 0 Å². The molecule has 1 aliphatic carbocycles. The molecule has 2 nitrogen and oxygen atoms in total. The maximum absolute atomic E-state index is 3.57. The van der Waals surface area contributed by atoms with Gasteiger partial charge in [0.2, 0.25) is 0 Å². The first-order chi connectivity index (χ1) is 8.22. The lowest BCUT2D eigenvalue weighted by atomic mass is 9.85. The first-order valence-electron chi connectivity index (χ1n) is 7.65. The molecule has 0 radical (unpaired) electrons. The van der Waals surface area contributed by atoms with Gasteiger partial charge in [-0.1, -0.05) is 27.2 Å². The fraction of sp³-hybridized carbons (Fsp3) is 1.00. The Morgan fingerprint density at radius 1 is 1.24 bits per heavy atom. The van der Waals surface area contributed by atoms with Crippen molar-refractivity contribution in [3.8, 4) is 0 Å². The zero-order chi connectivity index (χ0) is 12.5. The van der Waals surface area contributed by atoms with E-state index >= 15 is 0 Å². The van der Waals surface area contributed by atoms with Gasteiger partial charge < -0.3 is 10.2 Å². The SMILES string of the molecule is CCN(CCNCCCC(C)C)CC1CCC1. The largest absolute Gasteiger partial charge is 0.315 e. The quantitative estimate of drug-likeness (QED) is 0.590. The molecule has 0 aromatic carbocycles. The number of hydrogen-bond donors (Lipinski definition) is 1. The Hall–Kier alpha value is -0.0800. The van der Waals surface area contributed by atoms with Crippen LogP contribution < -0.4 is 5.32 Å². The van der Waals surface area contributed by atoms with E-state index in [2.05, 4.69) is 31.0 Å². The second-order valence-electron chi connectivity index (χ2n) is 5.98. The summed E-state index contributed by atoms with van der Waals surface area (Å²) in [5.74, 6) is 1.86. The van der Waals surface area contributed by atoms with Crippen LogP contribution in [-0.4, -0.2) is 37.6 Å². The van der Waals surface area contributed by atoms with E-state index in [1.807, 2.05) is 0 Å². The molecule has 0 saturated heterocycles. The van der Waals surface area contributed by atoms with Gasteiger partial charge in [-0.2, -0.15) is 0 Å². The van der Waals surface area contributed by atoms with E-state index in [1.54, 1.807) is 0 Å². The molecule has 0 amide bonds. The van der Waals surface area contributed by atoms with E-state index in [0.717, 1.165) is 11.8 Å². The zero-order valence-corrected chi connectivity index (χ0v) is 12.2. The van der Waals surface area contributed by atoms with Crippen molar-refractivity contribution in [1.82, 2.24) is 10.2 Å². The van der Waals surface area contributed by atoms with Crippen LogP contribution >= 0.6 is 0 Å². The molecule has 1 fully saturated rings. The van der Waals surface area contributed by atoms with Gasteiger partial charge in [0.1, 0.15) is 0 Å². The third kappa shape index (κ3) is 7.05. The minimum absolute atomic E-state index is 0.850. The van der Waals surface area contributed by atoms with E-state index in [0.29, 0.717) is 0 Å². The van der Waals surface area contributed by atoms with Crippen LogP contribution in [0.15, 0.2) is 0 Å². The summed E-state index contributed by atoms with van der Waals surface area (Å²) in [4.78, 5) is 2.61. The van der Waals surface area contributed by atoms with Gasteiger partial charge in [-0.25, -0.2) is 0 Å². The highest BCUT2D eigenvalue weighted by molar-refractivity contribution is 4.73. The van der Waals surface area contributed by atoms with E-state index in [1.165, 1.54) is 64.8 Å². The van der Waals surface area contributed by atoms with Crippen LogP contribution in [0.2, 0.25) is 0 Å². The highest BCUT2D eigenvalue weighted by Crippen LogP contribution is 2.26. The van der Waals surface area contributed by atoms with E-state index in [-0.39, 0.29) is 0 Å². The third-order valence-corrected chi connectivity index (χ3v) is 3.93. The Balaban J connectivity index is 1.91. The molecule has 0 spiro atoms. The van der Waals surface area contributed by atoms with Gasteiger partial charge >= 0.3 is 0 Å². The molecule has 0 unspecified atom stereocenters. The van der Waals surface area contributed by atoms with Crippen LogP contribution in [0.5, 0.6) is 0 Å². The number of hydrogen-bond acceptors (Lipinski definition) is 2. The van der Waals surface area contributed by atoms with Gasteiger partial charge in [-0.05, 0) is 50.6 Å². The molecule has 0 aliphatic heterocycles. The summed E-state index contributed by atoms with van der Waals surface area (Å²) in [5, 5.41) is 3.57. The van der Waals surface area contributed by atoms with E-state index in [4.69, 9.17) is 0 Å². The third-order valence-electron chi connectivity index (χ3n) is 3.93. The highest BCUT2D eigenvalue weighted by Gasteiger charge is 2.19. The van der Waals surface area contributed by atoms with Crippen LogP contribution in [0.3, 0.4) is 0 Å². The number of nitrogens with one attached hydrogen (secondary N) is 1. The topological polar surface area (TPSA) is 15.3 Å². The summed E-state index contributed by atoms with van der Waals surface area (Å²) in [6.07, 6.45) is 7.09. The lowest BCUT2D eigenvalue weighted by molar-refractivity contribution is 0.184. The summed E-state index contributed by atoms with van der Waals surface area (Å²) in [7, 11) is 0. The molecule has 102 valence electrons. The molecule has 2 heteroatoms. The van der Waals surface area contributed by atoms with Crippen LogP contribution in [0.4, 0.5) is 0 Å². The fourth-order valence-corrected chi connectivity index (χ4v) is 2.42. The van der Waals surface area contributed by atoms with Gasteiger partial charge in [0.25, 0.3) is 0 Å². The van der Waals surface area contributed by atoms with Crippen molar-refractivity contribution >= 4 is 0 Å². The van der Waals surface area contributed by atoms with Gasteiger partial charge in [0.15, 0.2) is 0 Å². The van der Waals surface area contributed by atoms with Crippen molar-refractivity contribution < 1.29 is 0 Å². The molecule has 1 aliphatic rings. The average molecular weight is 240 g/mol. The van der Waals surface area contributed by atoms with Crippen molar-refractivity contribution in [3.63, 3.8) is 0 Å². The first kappa shape index (κ1) is 15.0. The molecule has 17 heavy (non-hydrogen) atoms. The van der Waals surface area contributed by atoms with Crippen LogP contribution in [-0.2, 0) is 0 Å². The van der Waals surface area contributed by atoms with Gasteiger partial charge in [0.05, 0.1) is 0 Å². The minimum Gasteiger partial charge on any atom is -0.315 e. The molecule has 1 rings (SSSR count). The molecular formula is C15H32N2. The summed E-state index contributed by atoms with van der Waals surface area (Å²) >= 11 is 0. The average Bonchev–Trinajstić information content (AvgIpc) is 2.24. The summed E-state index contributed by atoms with van der Waals surface area (Å²) in [6, 6.07) is 0. The predicted octanol–water partition coefficient (Wildman–Crippen LogP) is 3.13. The maximum Gasteiger partial charge on any atom is 0.0107 e. The Kier molecular flexibility index (Phi) is 7.87. The number of rotatable bonds is 10. The summed E-state index contributed by atoms with van der Waals surface area (Å²) in [5.41, 5.74) is 0. The van der Waals surface area contributed by atoms with Crippen LogP contribution in [0, 0.1) is 11.8 Å². The van der Waals surface area contributed by atoms with Gasteiger partial charge in [0, 0.05) is 19.6 Å². The van der Waals surface area contributed by atoms with Crippen LogP contribution in [0.1, 0.15) is 52.9 Å². The molecule has 0 aromatic heterocycles. The number of likely N-dealkylation sites (N-methyl/N-ethyl adjacent to an activating group) is 1. The van der Waals surface area contributed by atoms with Gasteiger partial charge in [-0.3, -0.25) is 0 Å². The second kappa shape index (κ2) is 8.93. The molecular weight excluding hydrogens is 208 g/mol. The van der Waals surface area contributed by atoms with Crippen molar-refractivity contribution in [2.45, 2.75) is 52.9 Å². The summed E-state index contributed by atoms with van der Waals surface area (Å²) < 4.78 is 0.